The number of aromatic nitrogens is 1. The van der Waals surface area contributed by atoms with Gasteiger partial charge in [-0.25, -0.2) is 0 Å². The Hall–Kier alpha value is -1.48. The molecular weight excluding hydrogens is 214 g/mol. The number of halogens is 1. The number of aryl methyl sites for hydroxylation is 1. The number of nitrogens with zero attached hydrogens (tertiary/aromatic N) is 1. The van der Waals surface area contributed by atoms with Crippen LogP contribution in [-0.2, 0) is 0 Å². The largest absolute Gasteiger partial charge is 0.496 e. The topological polar surface area (TPSA) is 35.3 Å². The van der Waals surface area contributed by atoms with E-state index in [4.69, 9.17) is 20.9 Å². The smallest absolute Gasteiger partial charge is 0.170 e. The van der Waals surface area contributed by atoms with E-state index in [1.165, 1.54) is 0 Å². The van der Waals surface area contributed by atoms with Gasteiger partial charge in [-0.1, -0.05) is 16.8 Å². The van der Waals surface area contributed by atoms with E-state index in [0.717, 1.165) is 17.0 Å². The molecule has 1 heterocycles. The van der Waals surface area contributed by atoms with Crippen LogP contribution in [0.3, 0.4) is 0 Å². The Morgan fingerprint density at radius 3 is 2.73 bits per heavy atom. The lowest BCUT2D eigenvalue weighted by Crippen LogP contribution is -1.86. The molecule has 0 radical (unpaired) electrons. The maximum absolute atomic E-state index is 5.91. The third kappa shape index (κ3) is 1.97. The summed E-state index contributed by atoms with van der Waals surface area (Å²) in [7, 11) is 1.61. The van der Waals surface area contributed by atoms with E-state index in [9.17, 15) is 0 Å². The third-order valence-corrected chi connectivity index (χ3v) is 2.29. The van der Waals surface area contributed by atoms with Crippen molar-refractivity contribution < 1.29 is 9.26 Å². The summed E-state index contributed by atoms with van der Waals surface area (Å²) in [4.78, 5) is 0. The summed E-state index contributed by atoms with van der Waals surface area (Å²) in [5.41, 5.74) is 1.64. The van der Waals surface area contributed by atoms with Crippen molar-refractivity contribution >= 4 is 11.6 Å². The number of methoxy groups -OCH3 is 1. The van der Waals surface area contributed by atoms with Gasteiger partial charge in [0.15, 0.2) is 5.76 Å². The second kappa shape index (κ2) is 3.95. The lowest BCUT2D eigenvalue weighted by Gasteiger charge is -2.05. The summed E-state index contributed by atoms with van der Waals surface area (Å²) >= 11 is 5.91. The highest BCUT2D eigenvalue weighted by Crippen LogP contribution is 2.32. The molecule has 0 unspecified atom stereocenters. The van der Waals surface area contributed by atoms with Crippen molar-refractivity contribution in [3.63, 3.8) is 0 Å². The maximum atomic E-state index is 5.91. The second-order valence-electron chi connectivity index (χ2n) is 3.18. The zero-order valence-corrected chi connectivity index (χ0v) is 9.21. The standard InChI is InChI=1S/C11H10ClNO2/c1-7-5-11(15-13-7)9-6-8(12)3-4-10(9)14-2/h3-6H,1-2H3. The Morgan fingerprint density at radius 2 is 2.13 bits per heavy atom. The molecule has 0 bridgehead atoms. The van der Waals surface area contributed by atoms with E-state index in [1.54, 1.807) is 25.3 Å². The number of ether oxygens (including phenoxy) is 1. The number of benzene rings is 1. The van der Waals surface area contributed by atoms with Crippen LogP contribution >= 0.6 is 11.6 Å². The van der Waals surface area contributed by atoms with Gasteiger partial charge < -0.3 is 9.26 Å². The van der Waals surface area contributed by atoms with Gasteiger partial charge in [-0.2, -0.15) is 0 Å². The fourth-order valence-corrected chi connectivity index (χ4v) is 1.54. The molecular formula is C11H10ClNO2. The van der Waals surface area contributed by atoms with E-state index < -0.39 is 0 Å². The van der Waals surface area contributed by atoms with Crippen LogP contribution in [0.1, 0.15) is 5.69 Å². The Balaban J connectivity index is 2.55. The van der Waals surface area contributed by atoms with Crippen LogP contribution in [-0.4, -0.2) is 12.3 Å². The fourth-order valence-electron chi connectivity index (χ4n) is 1.36. The molecule has 0 saturated heterocycles. The molecule has 78 valence electrons. The Morgan fingerprint density at radius 1 is 1.33 bits per heavy atom. The van der Waals surface area contributed by atoms with Gasteiger partial charge in [-0.15, -0.1) is 0 Å². The normalized spacial score (nSPS) is 10.3. The Bertz CT molecular complexity index is 479. The monoisotopic (exact) mass is 223 g/mol. The van der Waals surface area contributed by atoms with Crippen LogP contribution in [0.25, 0.3) is 11.3 Å². The van der Waals surface area contributed by atoms with E-state index in [-0.39, 0.29) is 0 Å². The van der Waals surface area contributed by atoms with Gasteiger partial charge in [0.05, 0.1) is 18.4 Å². The highest BCUT2D eigenvalue weighted by atomic mass is 35.5. The highest BCUT2D eigenvalue weighted by molar-refractivity contribution is 6.30. The molecule has 2 rings (SSSR count). The molecule has 0 saturated carbocycles. The lowest BCUT2D eigenvalue weighted by molar-refractivity contribution is 0.404. The zero-order valence-electron chi connectivity index (χ0n) is 8.45. The fraction of sp³-hybridized carbons (Fsp3) is 0.182. The summed E-state index contributed by atoms with van der Waals surface area (Å²) < 4.78 is 10.4. The van der Waals surface area contributed by atoms with Crippen LogP contribution in [0.2, 0.25) is 5.02 Å². The molecule has 1 aromatic carbocycles. The molecule has 3 nitrogen and oxygen atoms in total. The predicted molar refractivity (Wildman–Crippen MR) is 58.2 cm³/mol. The minimum Gasteiger partial charge on any atom is -0.496 e. The second-order valence-corrected chi connectivity index (χ2v) is 3.61. The summed E-state index contributed by atoms with van der Waals surface area (Å²) in [5.74, 6) is 1.38. The average Bonchev–Trinajstić information content (AvgIpc) is 2.65. The zero-order chi connectivity index (χ0) is 10.8. The van der Waals surface area contributed by atoms with Crippen molar-refractivity contribution in [3.05, 3.63) is 35.0 Å². The quantitative estimate of drug-likeness (QED) is 0.784. The number of hydrogen-bond donors (Lipinski definition) is 0. The van der Waals surface area contributed by atoms with E-state index in [2.05, 4.69) is 5.16 Å². The van der Waals surface area contributed by atoms with Gasteiger partial charge in [0.2, 0.25) is 0 Å². The first-order valence-corrected chi connectivity index (χ1v) is 4.86. The molecule has 0 atom stereocenters. The number of hydrogen-bond acceptors (Lipinski definition) is 3. The van der Waals surface area contributed by atoms with Crippen molar-refractivity contribution in [2.24, 2.45) is 0 Å². The molecule has 0 aliphatic carbocycles. The Kier molecular flexibility index (Phi) is 2.64. The van der Waals surface area contributed by atoms with E-state index >= 15 is 0 Å². The van der Waals surface area contributed by atoms with E-state index in [1.807, 2.05) is 13.0 Å². The highest BCUT2D eigenvalue weighted by Gasteiger charge is 2.10. The van der Waals surface area contributed by atoms with Gasteiger partial charge >= 0.3 is 0 Å². The maximum Gasteiger partial charge on any atom is 0.170 e. The average molecular weight is 224 g/mol. The molecule has 1 aromatic heterocycles. The molecule has 0 aliphatic rings. The van der Waals surface area contributed by atoms with Crippen molar-refractivity contribution in [1.29, 1.82) is 0 Å². The third-order valence-electron chi connectivity index (χ3n) is 2.05. The number of rotatable bonds is 2. The molecule has 0 N–H and O–H groups in total. The molecule has 4 heteroatoms. The van der Waals surface area contributed by atoms with Crippen molar-refractivity contribution in [2.45, 2.75) is 6.92 Å². The van der Waals surface area contributed by atoms with Crippen molar-refractivity contribution in [1.82, 2.24) is 5.16 Å². The molecule has 0 fully saturated rings. The molecule has 15 heavy (non-hydrogen) atoms. The van der Waals surface area contributed by atoms with Gasteiger partial charge in [0.25, 0.3) is 0 Å². The van der Waals surface area contributed by atoms with Crippen molar-refractivity contribution in [3.8, 4) is 17.1 Å². The molecule has 0 spiro atoms. The first-order valence-electron chi connectivity index (χ1n) is 4.48. The van der Waals surface area contributed by atoms with Crippen LogP contribution in [0.5, 0.6) is 5.75 Å². The summed E-state index contributed by atoms with van der Waals surface area (Å²) in [5, 5.41) is 4.46. The van der Waals surface area contributed by atoms with Gasteiger partial charge in [0.1, 0.15) is 5.75 Å². The van der Waals surface area contributed by atoms with Gasteiger partial charge in [-0.3, -0.25) is 0 Å². The molecule has 0 aliphatic heterocycles. The minimum atomic E-state index is 0.639. The summed E-state index contributed by atoms with van der Waals surface area (Å²) in [6.07, 6.45) is 0. The van der Waals surface area contributed by atoms with Crippen LogP contribution in [0.15, 0.2) is 28.8 Å². The van der Waals surface area contributed by atoms with Crippen LogP contribution in [0.4, 0.5) is 0 Å². The van der Waals surface area contributed by atoms with Gasteiger partial charge in [-0.05, 0) is 25.1 Å². The first kappa shape index (κ1) is 10.1. The molecule has 0 amide bonds. The summed E-state index contributed by atoms with van der Waals surface area (Å²) in [6, 6.07) is 7.21. The lowest BCUT2D eigenvalue weighted by atomic mass is 10.1. The molecule has 2 aromatic rings. The van der Waals surface area contributed by atoms with E-state index in [0.29, 0.717) is 10.8 Å². The van der Waals surface area contributed by atoms with Crippen LogP contribution < -0.4 is 4.74 Å². The Labute approximate surface area is 92.6 Å². The van der Waals surface area contributed by atoms with Crippen molar-refractivity contribution in [2.75, 3.05) is 7.11 Å². The van der Waals surface area contributed by atoms with Gasteiger partial charge in [0, 0.05) is 11.1 Å². The first-order chi connectivity index (χ1) is 7.20. The predicted octanol–water partition coefficient (Wildman–Crippen LogP) is 3.31. The minimum absolute atomic E-state index is 0.639. The summed E-state index contributed by atoms with van der Waals surface area (Å²) in [6.45, 7) is 1.87. The van der Waals surface area contributed by atoms with Crippen LogP contribution in [0, 0.1) is 6.92 Å². The SMILES string of the molecule is COc1ccc(Cl)cc1-c1cc(C)no1.